The van der Waals surface area contributed by atoms with Gasteiger partial charge in [0.2, 0.25) is 10.0 Å². The van der Waals surface area contributed by atoms with Crippen molar-refractivity contribution in [3.63, 3.8) is 0 Å². The molecule has 0 aliphatic heterocycles. The maximum Gasteiger partial charge on any atom is 0.212 e. The molecule has 3 unspecified atom stereocenters. The lowest BCUT2D eigenvalue weighted by Gasteiger charge is -2.10. The Morgan fingerprint density at radius 1 is 1.62 bits per heavy atom. The van der Waals surface area contributed by atoms with E-state index < -0.39 is 26.5 Å². The van der Waals surface area contributed by atoms with Gasteiger partial charge in [-0.05, 0) is 7.05 Å². The first-order valence-corrected chi connectivity index (χ1v) is 5.99. The summed E-state index contributed by atoms with van der Waals surface area (Å²) >= 11 is 5.50. The summed E-state index contributed by atoms with van der Waals surface area (Å²) in [7, 11) is -2.09. The van der Waals surface area contributed by atoms with Crippen molar-refractivity contribution in [1.82, 2.24) is 4.72 Å². The monoisotopic (exact) mass is 229 g/mol. The van der Waals surface area contributed by atoms with Crippen LogP contribution in [-0.4, -0.2) is 26.3 Å². The highest BCUT2D eigenvalue weighted by molar-refractivity contribution is 7.89. The number of hydrogen-bond acceptors (Lipinski definition) is 2. The Kier molecular flexibility index (Phi) is 2.42. The first-order chi connectivity index (χ1) is 5.67. The molecule has 1 saturated carbocycles. The van der Waals surface area contributed by atoms with E-state index in [2.05, 4.69) is 4.72 Å². The Morgan fingerprint density at radius 2 is 2.00 bits per heavy atom. The molecule has 1 N–H and O–H groups in total. The number of hydrogen-bond donors (Lipinski definition) is 1. The lowest BCUT2D eigenvalue weighted by atomic mass is 10.1. The van der Waals surface area contributed by atoms with Gasteiger partial charge in [0.25, 0.3) is 0 Å². The molecule has 1 rings (SSSR count). The topological polar surface area (TPSA) is 46.2 Å². The third kappa shape index (κ3) is 1.57. The van der Waals surface area contributed by atoms with Crippen molar-refractivity contribution in [1.29, 1.82) is 0 Å². The van der Waals surface area contributed by atoms with Crippen LogP contribution in [0.25, 0.3) is 0 Å². The molecule has 6 heteroatoms. The molecule has 0 radical (unpaired) electrons. The van der Waals surface area contributed by atoms with Gasteiger partial charge in [-0.15, -0.1) is 0 Å². The van der Waals surface area contributed by atoms with Crippen LogP contribution in [0.4, 0.5) is 4.39 Å². The van der Waals surface area contributed by atoms with Crippen molar-refractivity contribution in [2.45, 2.75) is 19.0 Å². The van der Waals surface area contributed by atoms with Gasteiger partial charge in [0.1, 0.15) is 0 Å². The van der Waals surface area contributed by atoms with Crippen molar-refractivity contribution in [2.75, 3.05) is 12.8 Å². The summed E-state index contributed by atoms with van der Waals surface area (Å²) in [6.45, 7) is 3.15. The molecule has 3 nitrogen and oxygen atoms in total. The first kappa shape index (κ1) is 11.2. The fourth-order valence-corrected chi connectivity index (χ4v) is 3.38. The van der Waals surface area contributed by atoms with Crippen LogP contribution in [0.1, 0.15) is 13.8 Å². The van der Waals surface area contributed by atoms with Gasteiger partial charge in [-0.1, -0.05) is 25.4 Å². The van der Waals surface area contributed by atoms with Gasteiger partial charge in [0.05, 0.1) is 5.75 Å². The number of rotatable bonds is 3. The van der Waals surface area contributed by atoms with Crippen molar-refractivity contribution in [3.05, 3.63) is 0 Å². The Morgan fingerprint density at radius 3 is 2.23 bits per heavy atom. The van der Waals surface area contributed by atoms with E-state index in [0.717, 1.165) is 0 Å². The predicted octanol–water partition coefficient (Wildman–Crippen LogP) is 1.10. The van der Waals surface area contributed by atoms with Gasteiger partial charge < -0.3 is 0 Å². The van der Waals surface area contributed by atoms with E-state index in [4.69, 9.17) is 11.6 Å². The molecule has 0 spiro atoms. The van der Waals surface area contributed by atoms with Crippen LogP contribution >= 0.6 is 11.6 Å². The Balaban J connectivity index is 2.79. The fourth-order valence-electron chi connectivity index (χ4n) is 1.49. The quantitative estimate of drug-likeness (QED) is 0.737. The molecular weight excluding hydrogens is 217 g/mol. The first-order valence-electron chi connectivity index (χ1n) is 3.96. The van der Waals surface area contributed by atoms with Gasteiger partial charge in [-0.2, -0.15) is 0 Å². The largest absolute Gasteiger partial charge is 0.225 e. The summed E-state index contributed by atoms with van der Waals surface area (Å²) in [6.07, 6.45) is 0. The second-order valence-electron chi connectivity index (χ2n) is 3.73. The standard InChI is InChI=1S/C7H13ClFNO2S/c1-5-6(2,7(5,8)9)4-13(11,12)10-3/h5,10H,4H2,1-3H3. The Hall–Kier alpha value is 0.130. The molecule has 0 aromatic rings. The van der Waals surface area contributed by atoms with E-state index >= 15 is 0 Å². The third-order valence-corrected chi connectivity index (χ3v) is 5.34. The molecule has 1 aliphatic rings. The van der Waals surface area contributed by atoms with Gasteiger partial charge in [-0.3, -0.25) is 0 Å². The minimum atomic E-state index is -3.39. The van der Waals surface area contributed by atoms with Crippen LogP contribution < -0.4 is 4.72 Å². The number of sulfonamides is 1. The molecule has 0 saturated heterocycles. The molecule has 0 aromatic carbocycles. The van der Waals surface area contributed by atoms with E-state index in [1.807, 2.05) is 0 Å². The molecule has 78 valence electrons. The van der Waals surface area contributed by atoms with Crippen molar-refractivity contribution in [2.24, 2.45) is 11.3 Å². The van der Waals surface area contributed by atoms with Crippen LogP contribution in [0, 0.1) is 11.3 Å². The highest BCUT2D eigenvalue weighted by atomic mass is 35.5. The summed E-state index contributed by atoms with van der Waals surface area (Å²) in [5.74, 6) is -0.692. The Bertz CT molecular complexity index is 316. The van der Waals surface area contributed by atoms with E-state index in [0.29, 0.717) is 0 Å². The molecule has 1 fully saturated rings. The van der Waals surface area contributed by atoms with Crippen LogP contribution in [-0.2, 0) is 10.0 Å². The third-order valence-electron chi connectivity index (χ3n) is 2.98. The van der Waals surface area contributed by atoms with E-state index in [9.17, 15) is 12.8 Å². The second-order valence-corrected chi connectivity index (χ2v) is 6.20. The summed E-state index contributed by atoms with van der Waals surface area (Å²) in [5.41, 5.74) is -0.962. The average molecular weight is 230 g/mol. The molecule has 0 amide bonds. The molecule has 1 aliphatic carbocycles. The molecular formula is C7H13ClFNO2S. The summed E-state index contributed by atoms with van der Waals surface area (Å²) in [4.78, 5) is 0. The van der Waals surface area contributed by atoms with E-state index in [1.54, 1.807) is 13.8 Å². The highest BCUT2D eigenvalue weighted by Crippen LogP contribution is 2.67. The number of alkyl halides is 2. The fraction of sp³-hybridized carbons (Fsp3) is 1.00. The SMILES string of the molecule is CNS(=O)(=O)CC1(C)C(C)C1(F)Cl. The van der Waals surface area contributed by atoms with Gasteiger partial charge in [0.15, 0.2) is 5.13 Å². The van der Waals surface area contributed by atoms with Gasteiger partial charge in [-0.25, -0.2) is 17.5 Å². The molecule has 3 atom stereocenters. The van der Waals surface area contributed by atoms with Crippen LogP contribution in [0.15, 0.2) is 0 Å². The lowest BCUT2D eigenvalue weighted by molar-refractivity contribution is 0.348. The zero-order chi connectivity index (χ0) is 10.5. The maximum atomic E-state index is 13.4. The smallest absolute Gasteiger partial charge is 0.212 e. The average Bonchev–Trinajstić information content (AvgIpc) is 2.34. The number of nitrogens with one attached hydrogen (secondary N) is 1. The number of halogens is 2. The molecule has 0 aromatic heterocycles. The van der Waals surface area contributed by atoms with Crippen LogP contribution in [0.2, 0.25) is 0 Å². The zero-order valence-electron chi connectivity index (χ0n) is 7.77. The summed E-state index contributed by atoms with van der Waals surface area (Å²) in [5, 5.41) is -1.88. The highest BCUT2D eigenvalue weighted by Gasteiger charge is 2.73. The normalized spacial score (nSPS) is 44.8. The van der Waals surface area contributed by atoms with Crippen LogP contribution in [0.3, 0.4) is 0 Å². The predicted molar refractivity (Wildman–Crippen MR) is 49.8 cm³/mol. The van der Waals surface area contributed by atoms with Crippen molar-refractivity contribution < 1.29 is 12.8 Å². The van der Waals surface area contributed by atoms with Gasteiger partial charge in [0, 0.05) is 11.3 Å². The minimum Gasteiger partial charge on any atom is -0.225 e. The van der Waals surface area contributed by atoms with Crippen molar-refractivity contribution >= 4 is 21.6 Å². The van der Waals surface area contributed by atoms with Crippen LogP contribution in [0.5, 0.6) is 0 Å². The van der Waals surface area contributed by atoms with E-state index in [-0.39, 0.29) is 5.75 Å². The maximum absolute atomic E-state index is 13.4. The lowest BCUT2D eigenvalue weighted by Crippen LogP contribution is -2.29. The summed E-state index contributed by atoms with van der Waals surface area (Å²) < 4.78 is 37.8. The second kappa shape index (κ2) is 2.81. The zero-order valence-corrected chi connectivity index (χ0v) is 9.34. The Labute approximate surface area is 82.7 Å². The molecule has 13 heavy (non-hydrogen) atoms. The van der Waals surface area contributed by atoms with Crippen molar-refractivity contribution in [3.8, 4) is 0 Å². The van der Waals surface area contributed by atoms with Gasteiger partial charge >= 0.3 is 0 Å². The van der Waals surface area contributed by atoms with E-state index in [1.165, 1.54) is 7.05 Å². The summed E-state index contributed by atoms with van der Waals surface area (Å²) in [6, 6.07) is 0. The minimum absolute atomic E-state index is 0.266. The molecule has 0 heterocycles. The molecule has 0 bridgehead atoms.